The number of anilines is 1. The predicted octanol–water partition coefficient (Wildman–Crippen LogP) is 2.53. The van der Waals surface area contributed by atoms with Crippen LogP contribution in [-0.4, -0.2) is 30.8 Å². The highest BCUT2D eigenvalue weighted by molar-refractivity contribution is 6.04. The average Bonchev–Trinajstić information content (AvgIpc) is 2.51. The van der Waals surface area contributed by atoms with E-state index in [0.717, 1.165) is 24.1 Å². The Morgan fingerprint density at radius 3 is 2.76 bits per heavy atom. The van der Waals surface area contributed by atoms with Gasteiger partial charge in [-0.15, -0.1) is 0 Å². The zero-order valence-corrected chi connectivity index (χ0v) is 12.3. The molecular formula is C17H22N2O2. The molecule has 21 heavy (non-hydrogen) atoms. The maximum atomic E-state index is 12.2. The molecule has 1 heterocycles. The van der Waals surface area contributed by atoms with Gasteiger partial charge in [-0.05, 0) is 25.0 Å². The third-order valence-electron chi connectivity index (χ3n) is 4.46. The van der Waals surface area contributed by atoms with Crippen LogP contribution in [0.2, 0.25) is 0 Å². The van der Waals surface area contributed by atoms with Gasteiger partial charge in [-0.25, -0.2) is 0 Å². The minimum absolute atomic E-state index is 0.0750. The molecule has 1 aromatic carbocycles. The first-order chi connectivity index (χ1) is 10.2. The van der Waals surface area contributed by atoms with E-state index in [1.165, 1.54) is 19.3 Å². The molecule has 1 amide bonds. The average molecular weight is 286 g/mol. The summed E-state index contributed by atoms with van der Waals surface area (Å²) in [6.07, 6.45) is 6.40. The molecule has 0 unspecified atom stereocenters. The maximum absolute atomic E-state index is 12.2. The first-order valence-electron chi connectivity index (χ1n) is 7.90. The molecule has 0 bridgehead atoms. The van der Waals surface area contributed by atoms with E-state index in [2.05, 4.69) is 5.32 Å². The van der Waals surface area contributed by atoms with E-state index in [-0.39, 0.29) is 11.7 Å². The second-order valence-corrected chi connectivity index (χ2v) is 6.01. The molecule has 112 valence electrons. The molecule has 4 nitrogen and oxygen atoms in total. The summed E-state index contributed by atoms with van der Waals surface area (Å²) in [5.74, 6) is 0.251. The monoisotopic (exact) mass is 286 g/mol. The minimum atomic E-state index is 0.0750. The van der Waals surface area contributed by atoms with Crippen molar-refractivity contribution in [1.29, 1.82) is 0 Å². The Labute approximate surface area is 125 Å². The van der Waals surface area contributed by atoms with Crippen LogP contribution in [0, 0.1) is 0 Å². The molecule has 1 aliphatic carbocycles. The van der Waals surface area contributed by atoms with Gasteiger partial charge in [0, 0.05) is 30.3 Å². The third-order valence-corrected chi connectivity index (χ3v) is 4.46. The van der Waals surface area contributed by atoms with E-state index in [4.69, 9.17) is 0 Å². The van der Waals surface area contributed by atoms with E-state index in [1.54, 1.807) is 0 Å². The molecular weight excluding hydrogens is 264 g/mol. The Morgan fingerprint density at radius 1 is 1.19 bits per heavy atom. The fourth-order valence-electron chi connectivity index (χ4n) is 3.33. The summed E-state index contributed by atoms with van der Waals surface area (Å²) in [5.41, 5.74) is 1.64. The Hall–Kier alpha value is -1.84. The van der Waals surface area contributed by atoms with Gasteiger partial charge in [0.15, 0.2) is 5.78 Å². The number of hydrogen-bond donors (Lipinski definition) is 1. The lowest BCUT2D eigenvalue weighted by Gasteiger charge is -2.31. The second-order valence-electron chi connectivity index (χ2n) is 6.01. The highest BCUT2D eigenvalue weighted by Gasteiger charge is 2.24. The molecule has 0 atom stereocenters. The van der Waals surface area contributed by atoms with Crippen LogP contribution in [0.15, 0.2) is 24.3 Å². The molecule has 1 aromatic rings. The van der Waals surface area contributed by atoms with Gasteiger partial charge < -0.3 is 10.2 Å². The third kappa shape index (κ3) is 3.26. The summed E-state index contributed by atoms with van der Waals surface area (Å²) >= 11 is 0. The zero-order chi connectivity index (χ0) is 14.7. The van der Waals surface area contributed by atoms with Crippen LogP contribution in [-0.2, 0) is 4.79 Å². The van der Waals surface area contributed by atoms with Crippen LogP contribution in [0.3, 0.4) is 0 Å². The number of ketones is 1. The maximum Gasteiger partial charge on any atom is 0.239 e. The Morgan fingerprint density at radius 2 is 1.95 bits per heavy atom. The van der Waals surface area contributed by atoms with Gasteiger partial charge in [-0.3, -0.25) is 9.59 Å². The van der Waals surface area contributed by atoms with Crippen LogP contribution in [0.4, 0.5) is 5.69 Å². The fraction of sp³-hybridized carbons (Fsp3) is 0.529. The lowest BCUT2D eigenvalue weighted by Crippen LogP contribution is -2.44. The standard InChI is InChI=1S/C17H22N2O2/c20-16-10-11-19(15-9-5-4-8-14(15)16)12-17(21)18-13-6-2-1-3-7-13/h4-5,8-9,13H,1-3,6-7,10-12H2,(H,18,21). The quantitative estimate of drug-likeness (QED) is 0.929. The number of Topliss-reactive ketones (excluding diaryl/α,β-unsaturated/α-hetero) is 1. The first-order valence-corrected chi connectivity index (χ1v) is 7.90. The number of rotatable bonds is 3. The number of fused-ring (bicyclic) bond motifs is 1. The lowest BCUT2D eigenvalue weighted by atomic mass is 9.95. The minimum Gasteiger partial charge on any atom is -0.361 e. The smallest absolute Gasteiger partial charge is 0.239 e. The predicted molar refractivity (Wildman–Crippen MR) is 82.6 cm³/mol. The van der Waals surface area contributed by atoms with Crippen molar-refractivity contribution < 1.29 is 9.59 Å². The molecule has 0 radical (unpaired) electrons. The van der Waals surface area contributed by atoms with E-state index in [9.17, 15) is 9.59 Å². The lowest BCUT2D eigenvalue weighted by molar-refractivity contribution is -0.120. The number of benzene rings is 1. The van der Waals surface area contributed by atoms with Gasteiger partial charge in [0.1, 0.15) is 0 Å². The zero-order valence-electron chi connectivity index (χ0n) is 12.3. The highest BCUT2D eigenvalue weighted by Crippen LogP contribution is 2.26. The number of para-hydroxylation sites is 1. The fourth-order valence-corrected chi connectivity index (χ4v) is 3.33. The molecule has 1 saturated carbocycles. The van der Waals surface area contributed by atoms with Crippen molar-refractivity contribution in [1.82, 2.24) is 5.32 Å². The van der Waals surface area contributed by atoms with Crippen molar-refractivity contribution in [2.75, 3.05) is 18.0 Å². The summed E-state index contributed by atoms with van der Waals surface area (Å²) in [6, 6.07) is 7.92. The van der Waals surface area contributed by atoms with Crippen molar-refractivity contribution in [3.05, 3.63) is 29.8 Å². The second kappa shape index (κ2) is 6.29. The number of nitrogens with one attached hydrogen (secondary N) is 1. The number of nitrogens with zero attached hydrogens (tertiary/aromatic N) is 1. The van der Waals surface area contributed by atoms with Crippen molar-refractivity contribution in [2.24, 2.45) is 0 Å². The molecule has 3 rings (SSSR count). The van der Waals surface area contributed by atoms with E-state index in [0.29, 0.717) is 25.6 Å². The topological polar surface area (TPSA) is 49.4 Å². The molecule has 4 heteroatoms. The SMILES string of the molecule is O=C(CN1CCC(=O)c2ccccc21)NC1CCCCC1. The normalized spacial score (nSPS) is 19.2. The number of hydrogen-bond acceptors (Lipinski definition) is 3. The van der Waals surface area contributed by atoms with Crippen molar-refractivity contribution >= 4 is 17.4 Å². The van der Waals surface area contributed by atoms with Gasteiger partial charge in [0.25, 0.3) is 0 Å². The van der Waals surface area contributed by atoms with Gasteiger partial charge in [-0.1, -0.05) is 31.4 Å². The molecule has 1 fully saturated rings. The number of carbonyl (C=O) groups is 2. The molecule has 0 saturated heterocycles. The molecule has 1 aliphatic heterocycles. The van der Waals surface area contributed by atoms with Crippen molar-refractivity contribution in [3.8, 4) is 0 Å². The van der Waals surface area contributed by atoms with Crippen LogP contribution >= 0.6 is 0 Å². The molecule has 2 aliphatic rings. The first kappa shape index (κ1) is 14.1. The summed E-state index contributed by atoms with van der Waals surface area (Å²) in [4.78, 5) is 26.2. The Kier molecular flexibility index (Phi) is 4.23. The van der Waals surface area contributed by atoms with Crippen LogP contribution in [0.1, 0.15) is 48.9 Å². The summed E-state index contributed by atoms with van der Waals surface area (Å²) in [7, 11) is 0. The Bertz CT molecular complexity index is 535. The van der Waals surface area contributed by atoms with E-state index >= 15 is 0 Å². The van der Waals surface area contributed by atoms with Gasteiger partial charge in [-0.2, -0.15) is 0 Å². The summed E-state index contributed by atoms with van der Waals surface area (Å²) < 4.78 is 0. The summed E-state index contributed by atoms with van der Waals surface area (Å²) in [5, 5.41) is 3.14. The van der Waals surface area contributed by atoms with Crippen LogP contribution in [0.25, 0.3) is 0 Å². The van der Waals surface area contributed by atoms with E-state index < -0.39 is 0 Å². The highest BCUT2D eigenvalue weighted by atomic mass is 16.2. The molecule has 0 spiro atoms. The van der Waals surface area contributed by atoms with Gasteiger partial charge >= 0.3 is 0 Å². The number of carbonyl (C=O) groups excluding carboxylic acids is 2. The van der Waals surface area contributed by atoms with Gasteiger partial charge in [0.05, 0.1) is 6.54 Å². The number of amides is 1. The largest absolute Gasteiger partial charge is 0.361 e. The van der Waals surface area contributed by atoms with Crippen LogP contribution < -0.4 is 10.2 Å². The Balaban J connectivity index is 1.63. The molecule has 0 aromatic heterocycles. The molecule has 1 N–H and O–H groups in total. The van der Waals surface area contributed by atoms with E-state index in [1.807, 2.05) is 29.2 Å². The summed E-state index contributed by atoms with van der Waals surface area (Å²) in [6.45, 7) is 0.981. The van der Waals surface area contributed by atoms with Gasteiger partial charge in [0.2, 0.25) is 5.91 Å². The van der Waals surface area contributed by atoms with Crippen molar-refractivity contribution in [2.45, 2.75) is 44.6 Å². The van der Waals surface area contributed by atoms with Crippen LogP contribution in [0.5, 0.6) is 0 Å². The van der Waals surface area contributed by atoms with Crippen molar-refractivity contribution in [3.63, 3.8) is 0 Å².